The highest BCUT2D eigenvalue weighted by Gasteiger charge is 2.04. The second-order valence-corrected chi connectivity index (χ2v) is 7.38. The van der Waals surface area contributed by atoms with Gasteiger partial charge in [0.15, 0.2) is 0 Å². The lowest BCUT2D eigenvalue weighted by molar-refractivity contribution is 0.304. The quantitative estimate of drug-likeness (QED) is 0.399. The summed E-state index contributed by atoms with van der Waals surface area (Å²) in [6.07, 6.45) is 1.87. The summed E-state index contributed by atoms with van der Waals surface area (Å²) in [5.74, 6) is 0.786. The van der Waals surface area contributed by atoms with Crippen molar-refractivity contribution in [2.75, 3.05) is 0 Å². The SMILES string of the molecule is Cc1cccc(N=Cc2ccc(OCc3cccc(Cl)c3)c(Br)c2)c1C. The molecular weight excluding hydrogens is 410 g/mol. The van der Waals surface area contributed by atoms with Crippen molar-refractivity contribution in [3.8, 4) is 5.75 Å². The molecule has 0 spiro atoms. The van der Waals surface area contributed by atoms with Crippen LogP contribution >= 0.6 is 27.5 Å². The average Bonchev–Trinajstić information content (AvgIpc) is 2.62. The van der Waals surface area contributed by atoms with Gasteiger partial charge in [0, 0.05) is 11.2 Å². The molecule has 3 aromatic carbocycles. The zero-order valence-electron chi connectivity index (χ0n) is 14.7. The van der Waals surface area contributed by atoms with Crippen molar-refractivity contribution in [3.63, 3.8) is 0 Å². The monoisotopic (exact) mass is 427 g/mol. The third-order valence-corrected chi connectivity index (χ3v) is 5.02. The van der Waals surface area contributed by atoms with Crippen LogP contribution in [0.25, 0.3) is 0 Å². The molecule has 3 rings (SSSR count). The maximum absolute atomic E-state index is 6.01. The largest absolute Gasteiger partial charge is 0.488 e. The number of hydrogen-bond acceptors (Lipinski definition) is 2. The normalized spacial score (nSPS) is 11.1. The first-order valence-corrected chi connectivity index (χ1v) is 9.47. The first-order chi connectivity index (χ1) is 12.5. The van der Waals surface area contributed by atoms with Gasteiger partial charge < -0.3 is 4.74 Å². The van der Waals surface area contributed by atoms with Crippen molar-refractivity contribution in [1.29, 1.82) is 0 Å². The molecule has 0 amide bonds. The van der Waals surface area contributed by atoms with E-state index in [0.29, 0.717) is 11.6 Å². The minimum atomic E-state index is 0.467. The molecule has 0 bridgehead atoms. The Bertz CT molecular complexity index is 953. The van der Waals surface area contributed by atoms with E-state index in [0.717, 1.165) is 27.0 Å². The number of hydrogen-bond donors (Lipinski definition) is 0. The van der Waals surface area contributed by atoms with Crippen LogP contribution in [-0.4, -0.2) is 6.21 Å². The van der Waals surface area contributed by atoms with E-state index < -0.39 is 0 Å². The molecule has 0 aliphatic heterocycles. The van der Waals surface area contributed by atoms with Crippen molar-refractivity contribution in [2.24, 2.45) is 4.99 Å². The predicted octanol–water partition coefficient (Wildman–Crippen LogP) is 7.05. The van der Waals surface area contributed by atoms with Gasteiger partial charge in [-0.3, -0.25) is 4.99 Å². The van der Waals surface area contributed by atoms with E-state index in [9.17, 15) is 0 Å². The zero-order chi connectivity index (χ0) is 18.5. The molecule has 0 radical (unpaired) electrons. The van der Waals surface area contributed by atoms with Crippen molar-refractivity contribution in [2.45, 2.75) is 20.5 Å². The van der Waals surface area contributed by atoms with E-state index in [2.05, 4.69) is 40.8 Å². The van der Waals surface area contributed by atoms with Gasteiger partial charge in [-0.05, 0) is 88.4 Å². The number of aliphatic imine (C=N–C) groups is 1. The number of nitrogens with zero attached hydrogens (tertiary/aromatic N) is 1. The summed E-state index contributed by atoms with van der Waals surface area (Å²) in [6, 6.07) is 19.7. The summed E-state index contributed by atoms with van der Waals surface area (Å²) in [5, 5.41) is 0.711. The average molecular weight is 429 g/mol. The van der Waals surface area contributed by atoms with Crippen LogP contribution in [0.3, 0.4) is 0 Å². The lowest BCUT2D eigenvalue weighted by Gasteiger charge is -2.09. The first kappa shape index (κ1) is 18.7. The third-order valence-electron chi connectivity index (χ3n) is 4.17. The molecule has 0 saturated heterocycles. The van der Waals surface area contributed by atoms with E-state index in [-0.39, 0.29) is 0 Å². The second-order valence-electron chi connectivity index (χ2n) is 6.09. The van der Waals surface area contributed by atoms with Gasteiger partial charge in [-0.2, -0.15) is 0 Å². The van der Waals surface area contributed by atoms with Crippen LogP contribution in [0.15, 0.2) is 70.1 Å². The van der Waals surface area contributed by atoms with E-state index in [1.807, 2.05) is 60.8 Å². The predicted molar refractivity (Wildman–Crippen MR) is 113 cm³/mol. The van der Waals surface area contributed by atoms with Gasteiger partial charge in [0.2, 0.25) is 0 Å². The fraction of sp³-hybridized carbons (Fsp3) is 0.136. The number of ether oxygens (including phenoxy) is 1. The highest BCUT2D eigenvalue weighted by molar-refractivity contribution is 9.10. The summed E-state index contributed by atoms with van der Waals surface area (Å²) >= 11 is 9.58. The number of benzene rings is 3. The van der Waals surface area contributed by atoms with Crippen LogP contribution in [0.4, 0.5) is 5.69 Å². The maximum atomic E-state index is 6.01. The number of rotatable bonds is 5. The maximum Gasteiger partial charge on any atom is 0.134 e. The van der Waals surface area contributed by atoms with Crippen LogP contribution in [0.1, 0.15) is 22.3 Å². The molecule has 0 heterocycles. The van der Waals surface area contributed by atoms with Crippen molar-refractivity contribution >= 4 is 39.4 Å². The van der Waals surface area contributed by atoms with Crippen LogP contribution in [-0.2, 0) is 6.61 Å². The Hall–Kier alpha value is -2.10. The molecule has 0 saturated carbocycles. The molecule has 0 aromatic heterocycles. The molecular formula is C22H19BrClNO. The fourth-order valence-corrected chi connectivity index (χ4v) is 3.25. The Balaban J connectivity index is 1.71. The summed E-state index contributed by atoms with van der Waals surface area (Å²) in [7, 11) is 0. The minimum Gasteiger partial charge on any atom is -0.488 e. The highest BCUT2D eigenvalue weighted by Crippen LogP contribution is 2.27. The van der Waals surface area contributed by atoms with Crippen molar-refractivity contribution in [1.82, 2.24) is 0 Å². The molecule has 0 unspecified atom stereocenters. The molecule has 3 aromatic rings. The summed E-state index contributed by atoms with van der Waals surface area (Å²) in [6.45, 7) is 4.65. The van der Waals surface area contributed by atoms with E-state index in [4.69, 9.17) is 16.3 Å². The Morgan fingerprint density at radius 2 is 1.85 bits per heavy atom. The summed E-state index contributed by atoms with van der Waals surface area (Å²) in [4.78, 5) is 4.61. The lowest BCUT2D eigenvalue weighted by Crippen LogP contribution is -1.96. The molecule has 26 heavy (non-hydrogen) atoms. The summed E-state index contributed by atoms with van der Waals surface area (Å²) < 4.78 is 6.77. The smallest absolute Gasteiger partial charge is 0.134 e. The van der Waals surface area contributed by atoms with Gasteiger partial charge in [-0.1, -0.05) is 35.9 Å². The second kappa shape index (κ2) is 8.52. The molecule has 132 valence electrons. The zero-order valence-corrected chi connectivity index (χ0v) is 17.0. The fourth-order valence-electron chi connectivity index (χ4n) is 2.52. The molecule has 0 atom stereocenters. The van der Waals surface area contributed by atoms with E-state index in [1.54, 1.807) is 0 Å². The summed E-state index contributed by atoms with van der Waals surface area (Å²) in [5.41, 5.74) is 5.47. The van der Waals surface area contributed by atoms with Crippen LogP contribution in [0.5, 0.6) is 5.75 Å². The van der Waals surface area contributed by atoms with Gasteiger partial charge in [-0.15, -0.1) is 0 Å². The topological polar surface area (TPSA) is 21.6 Å². The van der Waals surface area contributed by atoms with Crippen LogP contribution in [0, 0.1) is 13.8 Å². The standard InChI is InChI=1S/C22H19BrClNO/c1-15-5-3-8-21(16(15)2)25-13-17-9-10-22(20(23)12-17)26-14-18-6-4-7-19(24)11-18/h3-13H,14H2,1-2H3. The van der Waals surface area contributed by atoms with Gasteiger partial charge in [0.25, 0.3) is 0 Å². The number of halogens is 2. The molecule has 0 N–H and O–H groups in total. The van der Waals surface area contributed by atoms with Crippen LogP contribution < -0.4 is 4.74 Å². The first-order valence-electron chi connectivity index (χ1n) is 8.30. The Labute approximate surface area is 167 Å². The van der Waals surface area contributed by atoms with Crippen LogP contribution in [0.2, 0.25) is 5.02 Å². The molecule has 0 fully saturated rings. The highest BCUT2D eigenvalue weighted by atomic mass is 79.9. The Kier molecular flexibility index (Phi) is 6.12. The van der Waals surface area contributed by atoms with Gasteiger partial charge in [0.05, 0.1) is 10.2 Å². The van der Waals surface area contributed by atoms with Crippen molar-refractivity contribution in [3.05, 3.63) is 92.4 Å². The molecule has 4 heteroatoms. The molecule has 0 aliphatic carbocycles. The molecule has 0 aliphatic rings. The minimum absolute atomic E-state index is 0.467. The van der Waals surface area contributed by atoms with Gasteiger partial charge in [0.1, 0.15) is 12.4 Å². The lowest BCUT2D eigenvalue weighted by atomic mass is 10.1. The molecule has 2 nitrogen and oxygen atoms in total. The Morgan fingerprint density at radius 3 is 2.62 bits per heavy atom. The van der Waals surface area contributed by atoms with Gasteiger partial charge >= 0.3 is 0 Å². The van der Waals surface area contributed by atoms with E-state index >= 15 is 0 Å². The Morgan fingerprint density at radius 1 is 1.04 bits per heavy atom. The van der Waals surface area contributed by atoms with Crippen molar-refractivity contribution < 1.29 is 4.74 Å². The number of aryl methyl sites for hydroxylation is 1. The van der Waals surface area contributed by atoms with Gasteiger partial charge in [-0.25, -0.2) is 0 Å². The third kappa shape index (κ3) is 4.75. The van der Waals surface area contributed by atoms with E-state index in [1.165, 1.54) is 11.1 Å².